The maximum atomic E-state index is 4.47. The summed E-state index contributed by atoms with van der Waals surface area (Å²) in [5, 5.41) is 11.1. The number of rotatable bonds is 3. The third-order valence-electron chi connectivity index (χ3n) is 3.50. The second kappa shape index (κ2) is 5.75. The van der Waals surface area contributed by atoms with Crippen LogP contribution >= 0.6 is 11.3 Å². The lowest BCUT2D eigenvalue weighted by atomic mass is 10.3. The summed E-state index contributed by atoms with van der Waals surface area (Å²) in [6, 6.07) is 6.57. The molecular formula is C14H20N4S. The Hall–Kier alpha value is -1.33. The van der Waals surface area contributed by atoms with Crippen LogP contribution < -0.4 is 10.2 Å². The molecule has 2 aromatic heterocycles. The molecular weight excluding hydrogens is 256 g/mol. The van der Waals surface area contributed by atoms with Crippen molar-refractivity contribution in [2.45, 2.75) is 19.8 Å². The molecule has 0 radical (unpaired) electrons. The van der Waals surface area contributed by atoms with Crippen LogP contribution in [0, 0.1) is 0 Å². The first-order chi connectivity index (χ1) is 9.36. The molecule has 1 saturated heterocycles. The lowest BCUT2D eigenvalue weighted by molar-refractivity contribution is 0.724. The number of nitrogens with zero attached hydrogens (tertiary/aromatic N) is 2. The van der Waals surface area contributed by atoms with Crippen molar-refractivity contribution in [3.63, 3.8) is 0 Å². The van der Waals surface area contributed by atoms with Crippen molar-refractivity contribution < 1.29 is 0 Å². The van der Waals surface area contributed by atoms with E-state index in [4.69, 9.17) is 0 Å². The Morgan fingerprint density at radius 2 is 2.26 bits per heavy atom. The summed E-state index contributed by atoms with van der Waals surface area (Å²) in [6.07, 6.45) is 2.28. The Morgan fingerprint density at radius 1 is 1.32 bits per heavy atom. The molecule has 0 saturated carbocycles. The van der Waals surface area contributed by atoms with Crippen molar-refractivity contribution in [1.29, 1.82) is 0 Å². The highest BCUT2D eigenvalue weighted by molar-refractivity contribution is 7.15. The maximum Gasteiger partial charge on any atom is 0.151 e. The van der Waals surface area contributed by atoms with Crippen molar-refractivity contribution in [3.05, 3.63) is 23.1 Å². The van der Waals surface area contributed by atoms with E-state index in [2.05, 4.69) is 45.5 Å². The summed E-state index contributed by atoms with van der Waals surface area (Å²) in [5.41, 5.74) is 1.14. The number of thiophene rings is 1. The molecule has 102 valence electrons. The first kappa shape index (κ1) is 12.7. The van der Waals surface area contributed by atoms with Crippen molar-refractivity contribution in [1.82, 2.24) is 15.5 Å². The normalized spacial score (nSPS) is 16.6. The molecule has 0 aliphatic carbocycles. The fraction of sp³-hybridized carbons (Fsp3) is 0.500. The van der Waals surface area contributed by atoms with E-state index in [-0.39, 0.29) is 0 Å². The van der Waals surface area contributed by atoms with E-state index in [1.807, 2.05) is 11.3 Å². The lowest BCUT2D eigenvalue weighted by Gasteiger charge is -2.18. The monoisotopic (exact) mass is 276 g/mol. The summed E-state index contributed by atoms with van der Waals surface area (Å²) >= 11 is 1.85. The van der Waals surface area contributed by atoms with E-state index in [9.17, 15) is 0 Å². The summed E-state index contributed by atoms with van der Waals surface area (Å²) in [6.45, 7) is 6.47. The quantitative estimate of drug-likeness (QED) is 0.905. The first-order valence-electron chi connectivity index (χ1n) is 6.97. The van der Waals surface area contributed by atoms with Gasteiger partial charge in [-0.05, 0) is 31.5 Å². The number of aryl methyl sites for hydroxylation is 1. The predicted molar refractivity (Wildman–Crippen MR) is 81.0 cm³/mol. The molecule has 0 unspecified atom stereocenters. The van der Waals surface area contributed by atoms with Gasteiger partial charge >= 0.3 is 0 Å². The van der Waals surface area contributed by atoms with Gasteiger partial charge in [-0.1, -0.05) is 6.92 Å². The Morgan fingerprint density at radius 3 is 3.11 bits per heavy atom. The number of hydrogen-bond acceptors (Lipinski definition) is 4. The van der Waals surface area contributed by atoms with E-state index in [0.29, 0.717) is 0 Å². The molecule has 1 fully saturated rings. The summed E-state index contributed by atoms with van der Waals surface area (Å²) in [5.74, 6) is 1.07. The van der Waals surface area contributed by atoms with Crippen LogP contribution in [0.15, 0.2) is 18.2 Å². The molecule has 0 bridgehead atoms. The minimum absolute atomic E-state index is 1.04. The number of H-pyrrole nitrogens is 1. The fourth-order valence-corrected chi connectivity index (χ4v) is 3.30. The van der Waals surface area contributed by atoms with Crippen LogP contribution in [0.2, 0.25) is 0 Å². The zero-order chi connectivity index (χ0) is 13.1. The summed E-state index contributed by atoms with van der Waals surface area (Å²) in [7, 11) is 0. The Bertz CT molecular complexity index is 523. The Balaban J connectivity index is 1.78. The molecule has 2 aromatic rings. The third kappa shape index (κ3) is 2.82. The molecule has 1 aliphatic heterocycles. The highest BCUT2D eigenvalue weighted by Gasteiger charge is 2.13. The van der Waals surface area contributed by atoms with E-state index in [1.54, 1.807) is 0 Å². The number of hydrogen-bond donors (Lipinski definition) is 2. The minimum atomic E-state index is 1.04. The van der Waals surface area contributed by atoms with Gasteiger partial charge in [0.25, 0.3) is 0 Å². The zero-order valence-electron chi connectivity index (χ0n) is 11.3. The topological polar surface area (TPSA) is 44.0 Å². The average Bonchev–Trinajstić information content (AvgIpc) is 3.02. The van der Waals surface area contributed by atoms with Crippen LogP contribution in [-0.2, 0) is 6.42 Å². The molecule has 3 heterocycles. The largest absolute Gasteiger partial charge is 0.354 e. The van der Waals surface area contributed by atoms with E-state index < -0.39 is 0 Å². The van der Waals surface area contributed by atoms with E-state index >= 15 is 0 Å². The molecule has 1 aliphatic rings. The summed E-state index contributed by atoms with van der Waals surface area (Å²) in [4.78, 5) is 5.06. The van der Waals surface area contributed by atoms with E-state index in [1.165, 1.54) is 16.2 Å². The molecule has 0 amide bonds. The van der Waals surface area contributed by atoms with Crippen LogP contribution in [0.1, 0.15) is 18.2 Å². The third-order valence-corrected chi connectivity index (χ3v) is 4.77. The van der Waals surface area contributed by atoms with Crippen molar-refractivity contribution in [2.24, 2.45) is 0 Å². The van der Waals surface area contributed by atoms with Gasteiger partial charge in [0.2, 0.25) is 0 Å². The number of anilines is 1. The van der Waals surface area contributed by atoms with Gasteiger partial charge in [0.15, 0.2) is 5.82 Å². The first-order valence-corrected chi connectivity index (χ1v) is 7.78. The Labute approximate surface area is 117 Å². The van der Waals surface area contributed by atoms with Crippen molar-refractivity contribution >= 4 is 17.2 Å². The molecule has 5 heteroatoms. The molecule has 0 spiro atoms. The highest BCUT2D eigenvalue weighted by Crippen LogP contribution is 2.29. The molecule has 4 nitrogen and oxygen atoms in total. The van der Waals surface area contributed by atoms with Gasteiger partial charge in [-0.15, -0.1) is 11.3 Å². The molecule has 2 N–H and O–H groups in total. The molecule has 3 rings (SSSR count). The van der Waals surface area contributed by atoms with Crippen LogP contribution in [0.25, 0.3) is 10.6 Å². The van der Waals surface area contributed by atoms with Crippen LogP contribution in [0.3, 0.4) is 0 Å². The smallest absolute Gasteiger partial charge is 0.151 e. The van der Waals surface area contributed by atoms with Crippen molar-refractivity contribution in [2.75, 3.05) is 31.1 Å². The minimum Gasteiger partial charge on any atom is -0.354 e. The van der Waals surface area contributed by atoms with Crippen LogP contribution in [0.5, 0.6) is 0 Å². The lowest BCUT2D eigenvalue weighted by Crippen LogP contribution is -2.28. The van der Waals surface area contributed by atoms with Crippen LogP contribution in [0.4, 0.5) is 5.82 Å². The number of aromatic amines is 1. The molecule has 0 aromatic carbocycles. The fourth-order valence-electron chi connectivity index (χ4n) is 2.39. The van der Waals surface area contributed by atoms with E-state index in [0.717, 1.165) is 44.1 Å². The average molecular weight is 276 g/mol. The van der Waals surface area contributed by atoms with Gasteiger partial charge in [0, 0.05) is 30.6 Å². The SMILES string of the molecule is CCc1ccc(-c2cc(N3CCCNCC3)n[nH]2)s1. The summed E-state index contributed by atoms with van der Waals surface area (Å²) < 4.78 is 0. The van der Waals surface area contributed by atoms with Crippen LogP contribution in [-0.4, -0.2) is 36.4 Å². The van der Waals surface area contributed by atoms with Gasteiger partial charge < -0.3 is 10.2 Å². The molecule has 0 atom stereocenters. The maximum absolute atomic E-state index is 4.47. The second-order valence-corrected chi connectivity index (χ2v) is 6.02. The molecule has 19 heavy (non-hydrogen) atoms. The van der Waals surface area contributed by atoms with Gasteiger partial charge in [0.1, 0.15) is 0 Å². The highest BCUT2D eigenvalue weighted by atomic mass is 32.1. The predicted octanol–water partition coefficient (Wildman–Crippen LogP) is 2.50. The van der Waals surface area contributed by atoms with Gasteiger partial charge in [-0.3, -0.25) is 5.10 Å². The number of aromatic nitrogens is 2. The standard InChI is InChI=1S/C14H20N4S/c1-2-11-4-5-13(19-11)12-10-14(17-16-12)18-8-3-6-15-7-9-18/h4-5,10,15H,2-3,6-9H2,1H3,(H,16,17). The van der Waals surface area contributed by atoms with Gasteiger partial charge in [-0.25, -0.2) is 0 Å². The zero-order valence-corrected chi connectivity index (χ0v) is 12.1. The Kier molecular flexibility index (Phi) is 3.84. The van der Waals surface area contributed by atoms with Gasteiger partial charge in [-0.2, -0.15) is 5.10 Å². The number of nitrogens with one attached hydrogen (secondary N) is 2. The van der Waals surface area contributed by atoms with Crippen molar-refractivity contribution in [3.8, 4) is 10.6 Å². The second-order valence-electron chi connectivity index (χ2n) is 4.85. The van der Waals surface area contributed by atoms with Gasteiger partial charge in [0.05, 0.1) is 10.6 Å².